The molecular weight excluding hydrogens is 222 g/mol. The van der Waals surface area contributed by atoms with Crippen molar-refractivity contribution in [2.45, 2.75) is 13.8 Å². The molecule has 6 heteroatoms. The first-order valence-electron chi connectivity index (χ1n) is 5.34. The van der Waals surface area contributed by atoms with Gasteiger partial charge in [-0.3, -0.25) is 0 Å². The van der Waals surface area contributed by atoms with E-state index in [4.69, 9.17) is 20.4 Å². The highest BCUT2D eigenvalue weighted by molar-refractivity contribution is 6.00. The van der Waals surface area contributed by atoms with Crippen LogP contribution in [-0.2, 0) is 4.74 Å². The predicted molar refractivity (Wildman–Crippen MR) is 63.5 cm³/mol. The Balaban J connectivity index is 2.80. The van der Waals surface area contributed by atoms with Crippen molar-refractivity contribution in [1.29, 1.82) is 0 Å². The third-order valence-corrected chi connectivity index (χ3v) is 2.16. The smallest absolute Gasteiger partial charge is 0.224 e. The number of hydrogen-bond acceptors (Lipinski definition) is 5. The SMILES string of the molecule is CCOCCOc1nccc(C)c1/C(N)=N/O. The highest BCUT2D eigenvalue weighted by atomic mass is 16.5. The second kappa shape index (κ2) is 6.70. The number of ether oxygens (including phenoxy) is 2. The maximum absolute atomic E-state index is 8.70. The normalized spacial score (nSPS) is 11.5. The topological polar surface area (TPSA) is 90.0 Å². The Hall–Kier alpha value is -1.82. The molecule has 0 aromatic carbocycles. The molecule has 1 rings (SSSR count). The Labute approximate surface area is 100 Å². The Kier molecular flexibility index (Phi) is 5.22. The molecule has 0 spiro atoms. The van der Waals surface area contributed by atoms with Gasteiger partial charge in [-0.1, -0.05) is 5.16 Å². The number of rotatable bonds is 6. The molecule has 0 amide bonds. The van der Waals surface area contributed by atoms with Crippen LogP contribution in [0.5, 0.6) is 5.88 Å². The van der Waals surface area contributed by atoms with E-state index in [-0.39, 0.29) is 5.84 Å². The number of aromatic nitrogens is 1. The second-order valence-electron chi connectivity index (χ2n) is 3.34. The molecule has 0 radical (unpaired) electrons. The molecule has 1 aromatic rings. The monoisotopic (exact) mass is 239 g/mol. The van der Waals surface area contributed by atoms with Gasteiger partial charge in [0.2, 0.25) is 5.88 Å². The number of pyridine rings is 1. The van der Waals surface area contributed by atoms with Crippen molar-refractivity contribution in [2.75, 3.05) is 19.8 Å². The average molecular weight is 239 g/mol. The summed E-state index contributed by atoms with van der Waals surface area (Å²) in [6.07, 6.45) is 1.61. The van der Waals surface area contributed by atoms with Crippen molar-refractivity contribution in [3.05, 3.63) is 23.4 Å². The average Bonchev–Trinajstić information content (AvgIpc) is 2.34. The zero-order valence-corrected chi connectivity index (χ0v) is 10.0. The number of aryl methyl sites for hydroxylation is 1. The molecule has 0 saturated heterocycles. The van der Waals surface area contributed by atoms with Gasteiger partial charge in [0.25, 0.3) is 0 Å². The highest BCUT2D eigenvalue weighted by Crippen LogP contribution is 2.18. The van der Waals surface area contributed by atoms with Crippen LogP contribution in [0.4, 0.5) is 0 Å². The summed E-state index contributed by atoms with van der Waals surface area (Å²) in [6.45, 7) is 5.23. The highest BCUT2D eigenvalue weighted by Gasteiger charge is 2.12. The molecule has 3 N–H and O–H groups in total. The molecule has 0 unspecified atom stereocenters. The molecule has 0 bridgehead atoms. The Morgan fingerprint density at radius 1 is 1.53 bits per heavy atom. The number of nitrogens with zero attached hydrogens (tertiary/aromatic N) is 2. The van der Waals surface area contributed by atoms with Gasteiger partial charge in [0.15, 0.2) is 5.84 Å². The number of oxime groups is 1. The van der Waals surface area contributed by atoms with Crippen LogP contribution in [0.3, 0.4) is 0 Å². The molecule has 17 heavy (non-hydrogen) atoms. The summed E-state index contributed by atoms with van der Waals surface area (Å²) in [5, 5.41) is 11.7. The van der Waals surface area contributed by atoms with E-state index in [1.165, 1.54) is 0 Å². The summed E-state index contributed by atoms with van der Waals surface area (Å²) in [7, 11) is 0. The lowest BCUT2D eigenvalue weighted by Crippen LogP contribution is -2.18. The van der Waals surface area contributed by atoms with Crippen LogP contribution in [0, 0.1) is 6.92 Å². The fraction of sp³-hybridized carbons (Fsp3) is 0.455. The van der Waals surface area contributed by atoms with Gasteiger partial charge < -0.3 is 20.4 Å². The largest absolute Gasteiger partial charge is 0.475 e. The maximum Gasteiger partial charge on any atom is 0.224 e. The molecule has 0 aliphatic carbocycles. The Morgan fingerprint density at radius 2 is 2.29 bits per heavy atom. The maximum atomic E-state index is 8.70. The first-order chi connectivity index (χ1) is 8.20. The van der Waals surface area contributed by atoms with Crippen LogP contribution in [0.25, 0.3) is 0 Å². The Morgan fingerprint density at radius 3 is 2.94 bits per heavy atom. The summed E-state index contributed by atoms with van der Waals surface area (Å²) in [5.74, 6) is 0.335. The molecular formula is C11H17N3O3. The van der Waals surface area contributed by atoms with Gasteiger partial charge in [0.1, 0.15) is 6.61 Å². The molecule has 0 fully saturated rings. The number of amidine groups is 1. The van der Waals surface area contributed by atoms with Crippen molar-refractivity contribution in [3.8, 4) is 5.88 Å². The lowest BCUT2D eigenvalue weighted by atomic mass is 10.1. The summed E-state index contributed by atoms with van der Waals surface area (Å²) >= 11 is 0. The van der Waals surface area contributed by atoms with Crippen LogP contribution in [-0.4, -0.2) is 35.8 Å². The molecule has 0 aliphatic heterocycles. The molecule has 0 saturated carbocycles. The van der Waals surface area contributed by atoms with E-state index in [2.05, 4.69) is 10.1 Å². The van der Waals surface area contributed by atoms with Gasteiger partial charge in [-0.15, -0.1) is 0 Å². The van der Waals surface area contributed by atoms with E-state index < -0.39 is 0 Å². The van der Waals surface area contributed by atoms with Gasteiger partial charge in [-0.2, -0.15) is 0 Å². The molecule has 1 aromatic heterocycles. The quantitative estimate of drug-likeness (QED) is 0.253. The summed E-state index contributed by atoms with van der Waals surface area (Å²) in [5.41, 5.74) is 6.92. The first-order valence-corrected chi connectivity index (χ1v) is 5.34. The minimum Gasteiger partial charge on any atom is -0.475 e. The van der Waals surface area contributed by atoms with Crippen LogP contribution in [0.1, 0.15) is 18.1 Å². The van der Waals surface area contributed by atoms with E-state index in [0.29, 0.717) is 31.3 Å². The fourth-order valence-corrected chi connectivity index (χ4v) is 1.35. The Bertz CT molecular complexity index is 394. The van der Waals surface area contributed by atoms with Gasteiger partial charge in [0.05, 0.1) is 12.2 Å². The van der Waals surface area contributed by atoms with Crippen molar-refractivity contribution >= 4 is 5.84 Å². The number of hydrogen-bond donors (Lipinski definition) is 2. The predicted octanol–water partition coefficient (Wildman–Crippen LogP) is 0.900. The summed E-state index contributed by atoms with van der Waals surface area (Å²) in [6, 6.07) is 1.77. The zero-order chi connectivity index (χ0) is 12.7. The van der Waals surface area contributed by atoms with E-state index >= 15 is 0 Å². The van der Waals surface area contributed by atoms with Gasteiger partial charge in [-0.25, -0.2) is 4.98 Å². The third-order valence-electron chi connectivity index (χ3n) is 2.16. The number of nitrogens with two attached hydrogens (primary N) is 1. The summed E-state index contributed by atoms with van der Waals surface area (Å²) < 4.78 is 10.6. The van der Waals surface area contributed by atoms with Crippen molar-refractivity contribution in [3.63, 3.8) is 0 Å². The summed E-state index contributed by atoms with van der Waals surface area (Å²) in [4.78, 5) is 4.06. The van der Waals surface area contributed by atoms with Crippen LogP contribution in [0.15, 0.2) is 17.4 Å². The first kappa shape index (κ1) is 13.2. The van der Waals surface area contributed by atoms with Crippen LogP contribution >= 0.6 is 0 Å². The fourth-order valence-electron chi connectivity index (χ4n) is 1.35. The molecule has 1 heterocycles. The van der Waals surface area contributed by atoms with E-state index in [1.807, 2.05) is 13.8 Å². The van der Waals surface area contributed by atoms with Crippen molar-refractivity contribution in [2.24, 2.45) is 10.9 Å². The van der Waals surface area contributed by atoms with Gasteiger partial charge >= 0.3 is 0 Å². The second-order valence-corrected chi connectivity index (χ2v) is 3.34. The van der Waals surface area contributed by atoms with E-state index in [9.17, 15) is 0 Å². The van der Waals surface area contributed by atoms with Gasteiger partial charge in [-0.05, 0) is 25.5 Å². The minimum atomic E-state index is -0.0120. The van der Waals surface area contributed by atoms with Gasteiger partial charge in [0, 0.05) is 12.8 Å². The third kappa shape index (κ3) is 3.60. The van der Waals surface area contributed by atoms with Crippen LogP contribution < -0.4 is 10.5 Å². The lowest BCUT2D eigenvalue weighted by Gasteiger charge is -2.11. The minimum absolute atomic E-state index is 0.0120. The van der Waals surface area contributed by atoms with Crippen LogP contribution in [0.2, 0.25) is 0 Å². The molecule has 94 valence electrons. The zero-order valence-electron chi connectivity index (χ0n) is 10.0. The molecule has 0 aliphatic rings. The molecule has 6 nitrogen and oxygen atoms in total. The lowest BCUT2D eigenvalue weighted by molar-refractivity contribution is 0.108. The standard InChI is InChI=1S/C11H17N3O3/c1-3-16-6-7-17-11-9(10(12)14-15)8(2)4-5-13-11/h4-5,15H,3,6-7H2,1-2H3,(H2,12,14). The van der Waals surface area contributed by atoms with Crippen molar-refractivity contribution < 1.29 is 14.7 Å². The molecule has 0 atom stereocenters. The van der Waals surface area contributed by atoms with Crippen molar-refractivity contribution in [1.82, 2.24) is 4.98 Å². The van der Waals surface area contributed by atoms with E-state index in [0.717, 1.165) is 5.56 Å². The van der Waals surface area contributed by atoms with E-state index in [1.54, 1.807) is 12.3 Å².